The Labute approximate surface area is 137 Å². The zero-order chi connectivity index (χ0) is 16.1. The minimum atomic E-state index is -0.504. The van der Waals surface area contributed by atoms with Gasteiger partial charge in [0, 0.05) is 0 Å². The SMILES string of the molecule is N#CC1CCCC(CCc2ccccc2)(c2ccccc2)C1=O. The maximum atomic E-state index is 13.1. The summed E-state index contributed by atoms with van der Waals surface area (Å²) in [5.74, 6) is -0.340. The molecule has 1 saturated carbocycles. The number of carbonyl (C=O) groups excluding carboxylic acids is 1. The van der Waals surface area contributed by atoms with E-state index in [0.29, 0.717) is 6.42 Å². The van der Waals surface area contributed by atoms with Crippen LogP contribution >= 0.6 is 0 Å². The van der Waals surface area contributed by atoms with Crippen LogP contribution in [0.5, 0.6) is 0 Å². The predicted molar refractivity (Wildman–Crippen MR) is 90.8 cm³/mol. The average molecular weight is 303 g/mol. The highest BCUT2D eigenvalue weighted by Gasteiger charge is 2.45. The van der Waals surface area contributed by atoms with E-state index in [2.05, 4.69) is 18.2 Å². The van der Waals surface area contributed by atoms with E-state index in [9.17, 15) is 10.1 Å². The molecule has 2 aromatic carbocycles. The Morgan fingerprint density at radius 2 is 1.70 bits per heavy atom. The van der Waals surface area contributed by atoms with Gasteiger partial charge in [-0.3, -0.25) is 4.79 Å². The highest BCUT2D eigenvalue weighted by molar-refractivity contribution is 5.94. The quantitative estimate of drug-likeness (QED) is 0.837. The number of Topliss-reactive ketones (excluding diaryl/α,β-unsaturated/α-hetero) is 1. The fraction of sp³-hybridized carbons (Fsp3) is 0.333. The van der Waals surface area contributed by atoms with Gasteiger partial charge in [-0.05, 0) is 36.8 Å². The van der Waals surface area contributed by atoms with Crippen molar-refractivity contribution in [2.75, 3.05) is 0 Å². The molecule has 1 aliphatic rings. The van der Waals surface area contributed by atoms with Crippen LogP contribution in [-0.4, -0.2) is 5.78 Å². The maximum Gasteiger partial charge on any atom is 0.160 e. The van der Waals surface area contributed by atoms with Gasteiger partial charge >= 0.3 is 0 Å². The van der Waals surface area contributed by atoms with Crippen molar-refractivity contribution in [2.24, 2.45) is 5.92 Å². The first-order chi connectivity index (χ1) is 11.3. The van der Waals surface area contributed by atoms with E-state index >= 15 is 0 Å². The van der Waals surface area contributed by atoms with Crippen LogP contribution in [-0.2, 0) is 16.6 Å². The molecule has 0 spiro atoms. The van der Waals surface area contributed by atoms with Crippen LogP contribution in [0.1, 0.15) is 36.8 Å². The first-order valence-electron chi connectivity index (χ1n) is 8.30. The molecule has 3 rings (SSSR count). The van der Waals surface area contributed by atoms with Crippen molar-refractivity contribution >= 4 is 5.78 Å². The van der Waals surface area contributed by atoms with Crippen LogP contribution in [0.2, 0.25) is 0 Å². The van der Waals surface area contributed by atoms with E-state index in [0.717, 1.165) is 31.2 Å². The lowest BCUT2D eigenvalue weighted by atomic mass is 9.62. The van der Waals surface area contributed by atoms with E-state index in [-0.39, 0.29) is 5.78 Å². The summed E-state index contributed by atoms with van der Waals surface area (Å²) < 4.78 is 0. The number of benzene rings is 2. The number of nitrogens with zero attached hydrogens (tertiary/aromatic N) is 1. The fourth-order valence-corrected chi connectivity index (χ4v) is 3.76. The lowest BCUT2D eigenvalue weighted by molar-refractivity contribution is -0.129. The third kappa shape index (κ3) is 3.05. The Bertz CT molecular complexity index is 702. The summed E-state index contributed by atoms with van der Waals surface area (Å²) in [6.45, 7) is 0. The number of carbonyl (C=O) groups is 1. The molecular weight excluding hydrogens is 282 g/mol. The summed E-state index contributed by atoms with van der Waals surface area (Å²) in [5.41, 5.74) is 1.81. The van der Waals surface area contributed by atoms with Gasteiger partial charge in [0.2, 0.25) is 0 Å². The van der Waals surface area contributed by atoms with Gasteiger partial charge in [-0.15, -0.1) is 0 Å². The monoisotopic (exact) mass is 303 g/mol. The molecule has 0 aliphatic heterocycles. The molecule has 0 radical (unpaired) electrons. The van der Waals surface area contributed by atoms with Crippen LogP contribution in [0.3, 0.4) is 0 Å². The number of nitriles is 1. The van der Waals surface area contributed by atoms with Gasteiger partial charge < -0.3 is 0 Å². The van der Waals surface area contributed by atoms with E-state index in [1.165, 1.54) is 5.56 Å². The Kier molecular flexibility index (Phi) is 4.57. The van der Waals surface area contributed by atoms with E-state index in [1.807, 2.05) is 48.5 Å². The third-order valence-electron chi connectivity index (χ3n) is 5.05. The highest BCUT2D eigenvalue weighted by Crippen LogP contribution is 2.42. The van der Waals surface area contributed by atoms with Crippen molar-refractivity contribution in [2.45, 2.75) is 37.5 Å². The van der Waals surface area contributed by atoms with Gasteiger partial charge in [0.15, 0.2) is 5.78 Å². The number of aryl methyl sites for hydroxylation is 1. The molecule has 116 valence electrons. The van der Waals surface area contributed by atoms with Gasteiger partial charge in [0.05, 0.1) is 11.5 Å². The van der Waals surface area contributed by atoms with Gasteiger partial charge in [0.1, 0.15) is 5.92 Å². The molecule has 1 aliphatic carbocycles. The van der Waals surface area contributed by atoms with Crippen LogP contribution in [0, 0.1) is 17.2 Å². The van der Waals surface area contributed by atoms with Crippen molar-refractivity contribution in [3.8, 4) is 6.07 Å². The van der Waals surface area contributed by atoms with Crippen LogP contribution in [0.25, 0.3) is 0 Å². The summed E-state index contributed by atoms with van der Waals surface area (Å²) >= 11 is 0. The Morgan fingerprint density at radius 3 is 2.35 bits per heavy atom. The van der Waals surface area contributed by atoms with Crippen molar-refractivity contribution in [1.82, 2.24) is 0 Å². The molecular formula is C21H21NO. The van der Waals surface area contributed by atoms with Crippen molar-refractivity contribution in [3.05, 3.63) is 71.8 Å². The average Bonchev–Trinajstić information content (AvgIpc) is 2.63. The van der Waals surface area contributed by atoms with E-state index < -0.39 is 11.3 Å². The van der Waals surface area contributed by atoms with Crippen molar-refractivity contribution in [1.29, 1.82) is 5.26 Å². The normalized spacial score (nSPS) is 24.1. The molecule has 0 saturated heterocycles. The molecule has 0 heterocycles. The molecule has 2 aromatic rings. The molecule has 0 aromatic heterocycles. The molecule has 23 heavy (non-hydrogen) atoms. The van der Waals surface area contributed by atoms with Crippen LogP contribution in [0.15, 0.2) is 60.7 Å². The van der Waals surface area contributed by atoms with Crippen LogP contribution in [0.4, 0.5) is 0 Å². The summed E-state index contributed by atoms with van der Waals surface area (Å²) in [4.78, 5) is 13.1. The molecule has 0 N–H and O–H groups in total. The maximum absolute atomic E-state index is 13.1. The third-order valence-corrected chi connectivity index (χ3v) is 5.05. The Morgan fingerprint density at radius 1 is 1.04 bits per heavy atom. The summed E-state index contributed by atoms with van der Waals surface area (Å²) in [5, 5.41) is 9.35. The second-order valence-corrected chi connectivity index (χ2v) is 6.37. The van der Waals surface area contributed by atoms with Crippen molar-refractivity contribution in [3.63, 3.8) is 0 Å². The van der Waals surface area contributed by atoms with Gasteiger partial charge in [-0.2, -0.15) is 5.26 Å². The van der Waals surface area contributed by atoms with Gasteiger partial charge in [0.25, 0.3) is 0 Å². The second-order valence-electron chi connectivity index (χ2n) is 6.37. The molecule has 2 heteroatoms. The lowest BCUT2D eigenvalue weighted by Gasteiger charge is -2.38. The zero-order valence-corrected chi connectivity index (χ0v) is 13.2. The smallest absolute Gasteiger partial charge is 0.160 e. The molecule has 0 amide bonds. The largest absolute Gasteiger partial charge is 0.297 e. The van der Waals surface area contributed by atoms with Gasteiger partial charge in [-0.1, -0.05) is 67.1 Å². The minimum Gasteiger partial charge on any atom is -0.297 e. The highest BCUT2D eigenvalue weighted by atomic mass is 16.1. The molecule has 2 nitrogen and oxygen atoms in total. The molecule has 2 unspecified atom stereocenters. The van der Waals surface area contributed by atoms with E-state index in [4.69, 9.17) is 0 Å². The van der Waals surface area contributed by atoms with Crippen molar-refractivity contribution < 1.29 is 4.79 Å². The molecule has 0 bridgehead atoms. The first-order valence-corrected chi connectivity index (χ1v) is 8.30. The fourth-order valence-electron chi connectivity index (χ4n) is 3.76. The number of hydrogen-bond acceptors (Lipinski definition) is 2. The Hall–Kier alpha value is -2.40. The second kappa shape index (κ2) is 6.79. The lowest BCUT2D eigenvalue weighted by Crippen LogP contribution is -2.43. The Balaban J connectivity index is 1.94. The topological polar surface area (TPSA) is 40.9 Å². The number of rotatable bonds is 4. The zero-order valence-electron chi connectivity index (χ0n) is 13.2. The van der Waals surface area contributed by atoms with E-state index in [1.54, 1.807) is 0 Å². The molecule has 1 fully saturated rings. The standard InChI is InChI=1S/C21H21NO/c22-16-18-10-7-14-21(20(18)23,19-11-5-2-6-12-19)15-13-17-8-3-1-4-9-17/h1-6,8-9,11-12,18H,7,10,13-15H2. The summed E-state index contributed by atoms with van der Waals surface area (Å²) in [6.07, 6.45) is 4.13. The number of hydrogen-bond donors (Lipinski definition) is 0. The first kappa shape index (κ1) is 15.5. The summed E-state index contributed by atoms with van der Waals surface area (Å²) in [6, 6.07) is 22.6. The van der Waals surface area contributed by atoms with Gasteiger partial charge in [-0.25, -0.2) is 0 Å². The molecule has 2 atom stereocenters. The minimum absolute atomic E-state index is 0.119. The number of ketones is 1. The summed E-state index contributed by atoms with van der Waals surface area (Å²) in [7, 11) is 0. The predicted octanol–water partition coefficient (Wildman–Crippen LogP) is 4.45. The van der Waals surface area contributed by atoms with Crippen LogP contribution < -0.4 is 0 Å².